The molecule has 1 aromatic heterocycles. The number of carbonyl (C=O) groups excluding carboxylic acids is 1. The molecular formula is C17H19NO4. The zero-order valence-electron chi connectivity index (χ0n) is 12.3. The molecule has 1 saturated heterocycles. The lowest BCUT2D eigenvalue weighted by Gasteiger charge is -2.35. The summed E-state index contributed by atoms with van der Waals surface area (Å²) >= 11 is 0. The van der Waals surface area contributed by atoms with E-state index < -0.39 is 5.97 Å². The van der Waals surface area contributed by atoms with Crippen LogP contribution in [-0.2, 0) is 4.79 Å². The Bertz CT molecular complexity index is 658. The average Bonchev–Trinajstić information content (AvgIpc) is 2.96. The third-order valence-corrected chi connectivity index (χ3v) is 4.22. The summed E-state index contributed by atoms with van der Waals surface area (Å²) in [6.07, 6.45) is 3.44. The lowest BCUT2D eigenvalue weighted by Crippen LogP contribution is -2.43. The second kappa shape index (κ2) is 6.22. The molecule has 116 valence electrons. The molecule has 1 atom stereocenters. The molecule has 1 aliphatic rings. The maximum absolute atomic E-state index is 12.7. The van der Waals surface area contributed by atoms with Gasteiger partial charge in [0.15, 0.2) is 5.76 Å². The van der Waals surface area contributed by atoms with Crippen molar-refractivity contribution in [1.82, 2.24) is 4.90 Å². The van der Waals surface area contributed by atoms with E-state index in [2.05, 4.69) is 0 Å². The van der Waals surface area contributed by atoms with Gasteiger partial charge in [0, 0.05) is 24.4 Å². The Hall–Kier alpha value is -2.30. The molecule has 22 heavy (non-hydrogen) atoms. The van der Waals surface area contributed by atoms with E-state index in [-0.39, 0.29) is 18.4 Å². The van der Waals surface area contributed by atoms with Gasteiger partial charge in [0.25, 0.3) is 5.91 Å². The van der Waals surface area contributed by atoms with Gasteiger partial charge in [-0.1, -0.05) is 18.2 Å². The number of aliphatic carboxylic acids is 1. The number of para-hydroxylation sites is 1. The smallest absolute Gasteiger partial charge is 0.303 e. The van der Waals surface area contributed by atoms with Gasteiger partial charge >= 0.3 is 5.97 Å². The quantitative estimate of drug-likeness (QED) is 0.940. The van der Waals surface area contributed by atoms with Crippen molar-refractivity contribution in [3.63, 3.8) is 0 Å². The molecule has 1 unspecified atom stereocenters. The number of hydrogen-bond acceptors (Lipinski definition) is 3. The maximum atomic E-state index is 12.7. The van der Waals surface area contributed by atoms with Gasteiger partial charge in [-0.15, -0.1) is 0 Å². The Morgan fingerprint density at radius 1 is 1.27 bits per heavy atom. The van der Waals surface area contributed by atoms with E-state index in [1.54, 1.807) is 11.0 Å². The SMILES string of the molecule is O=C(O)CCC1CCCCN1C(=O)c1cc2ccccc2o1. The molecule has 3 rings (SSSR count). The van der Waals surface area contributed by atoms with Crippen LogP contribution in [0, 0.1) is 0 Å². The molecular weight excluding hydrogens is 282 g/mol. The van der Waals surface area contributed by atoms with Crippen LogP contribution < -0.4 is 0 Å². The predicted octanol–water partition coefficient (Wildman–Crippen LogP) is 3.29. The van der Waals surface area contributed by atoms with Crippen LogP contribution in [0.2, 0.25) is 0 Å². The van der Waals surface area contributed by atoms with Gasteiger partial charge < -0.3 is 14.4 Å². The van der Waals surface area contributed by atoms with Crippen molar-refractivity contribution in [2.45, 2.75) is 38.1 Å². The van der Waals surface area contributed by atoms with Crippen LogP contribution >= 0.6 is 0 Å². The van der Waals surface area contributed by atoms with Gasteiger partial charge in [-0.3, -0.25) is 9.59 Å². The number of piperidine rings is 1. The molecule has 1 N–H and O–H groups in total. The molecule has 0 spiro atoms. The van der Waals surface area contributed by atoms with Gasteiger partial charge in [0.2, 0.25) is 0 Å². The summed E-state index contributed by atoms with van der Waals surface area (Å²) in [5, 5.41) is 9.77. The first kappa shape index (κ1) is 14.6. The first-order valence-electron chi connectivity index (χ1n) is 7.66. The fourth-order valence-electron chi connectivity index (χ4n) is 3.09. The number of furan rings is 1. The monoisotopic (exact) mass is 301 g/mol. The number of carboxylic acid groups (broad SMARTS) is 1. The van der Waals surface area contributed by atoms with E-state index in [4.69, 9.17) is 9.52 Å². The Labute approximate surface area is 128 Å². The topological polar surface area (TPSA) is 70.8 Å². The fraction of sp³-hybridized carbons (Fsp3) is 0.412. The van der Waals surface area contributed by atoms with Crippen molar-refractivity contribution in [3.05, 3.63) is 36.1 Å². The summed E-state index contributed by atoms with van der Waals surface area (Å²) in [6.45, 7) is 0.667. The van der Waals surface area contributed by atoms with Crippen molar-refractivity contribution in [2.75, 3.05) is 6.54 Å². The van der Waals surface area contributed by atoms with Gasteiger partial charge in [-0.25, -0.2) is 0 Å². The molecule has 1 fully saturated rings. The fourth-order valence-corrected chi connectivity index (χ4v) is 3.09. The zero-order chi connectivity index (χ0) is 15.5. The van der Waals surface area contributed by atoms with Gasteiger partial charge in [0.1, 0.15) is 5.58 Å². The van der Waals surface area contributed by atoms with Crippen LogP contribution in [0.15, 0.2) is 34.7 Å². The Balaban J connectivity index is 1.80. The molecule has 0 bridgehead atoms. The number of carboxylic acids is 1. The zero-order valence-corrected chi connectivity index (χ0v) is 12.3. The van der Waals surface area contributed by atoms with Crippen LogP contribution in [0.3, 0.4) is 0 Å². The third kappa shape index (κ3) is 2.98. The minimum Gasteiger partial charge on any atom is -0.481 e. The van der Waals surface area contributed by atoms with E-state index in [1.807, 2.05) is 24.3 Å². The Morgan fingerprint density at radius 2 is 2.09 bits per heavy atom. The molecule has 0 aliphatic carbocycles. The van der Waals surface area contributed by atoms with Crippen LogP contribution in [0.4, 0.5) is 0 Å². The first-order chi connectivity index (χ1) is 10.6. The lowest BCUT2D eigenvalue weighted by atomic mass is 9.97. The molecule has 1 aliphatic heterocycles. The highest BCUT2D eigenvalue weighted by Gasteiger charge is 2.29. The number of likely N-dealkylation sites (tertiary alicyclic amines) is 1. The van der Waals surface area contributed by atoms with Crippen molar-refractivity contribution in [3.8, 4) is 0 Å². The van der Waals surface area contributed by atoms with Gasteiger partial charge in [-0.2, -0.15) is 0 Å². The van der Waals surface area contributed by atoms with Crippen molar-refractivity contribution >= 4 is 22.8 Å². The number of rotatable bonds is 4. The van der Waals surface area contributed by atoms with E-state index in [0.717, 1.165) is 24.6 Å². The molecule has 5 heteroatoms. The largest absolute Gasteiger partial charge is 0.481 e. The molecule has 0 saturated carbocycles. The standard InChI is InChI=1S/C17H19NO4/c19-16(20)9-8-13-6-3-4-10-18(13)17(21)15-11-12-5-1-2-7-14(12)22-15/h1-2,5,7,11,13H,3-4,6,8-10H2,(H,19,20). The second-order valence-corrected chi connectivity index (χ2v) is 5.73. The Morgan fingerprint density at radius 3 is 2.86 bits per heavy atom. The molecule has 2 heterocycles. The normalized spacial score (nSPS) is 18.5. The number of benzene rings is 1. The highest BCUT2D eigenvalue weighted by molar-refractivity contribution is 5.96. The van der Waals surface area contributed by atoms with Crippen molar-refractivity contribution < 1.29 is 19.1 Å². The summed E-state index contributed by atoms with van der Waals surface area (Å²) in [6, 6.07) is 9.28. The van der Waals surface area contributed by atoms with Crippen LogP contribution in [0.5, 0.6) is 0 Å². The predicted molar refractivity (Wildman–Crippen MR) is 81.8 cm³/mol. The minimum absolute atomic E-state index is 0.00874. The number of amides is 1. The Kier molecular flexibility index (Phi) is 4.13. The van der Waals surface area contributed by atoms with Crippen molar-refractivity contribution in [1.29, 1.82) is 0 Å². The summed E-state index contributed by atoms with van der Waals surface area (Å²) in [5.74, 6) is -0.614. The summed E-state index contributed by atoms with van der Waals surface area (Å²) < 4.78 is 5.65. The number of nitrogens with zero attached hydrogens (tertiary/aromatic N) is 1. The highest BCUT2D eigenvalue weighted by Crippen LogP contribution is 2.26. The summed E-state index contributed by atoms with van der Waals surface area (Å²) in [7, 11) is 0. The van der Waals surface area contributed by atoms with E-state index in [1.165, 1.54) is 0 Å². The molecule has 0 radical (unpaired) electrons. The van der Waals surface area contributed by atoms with Crippen LogP contribution in [0.25, 0.3) is 11.0 Å². The minimum atomic E-state index is -0.818. The highest BCUT2D eigenvalue weighted by atomic mass is 16.4. The average molecular weight is 301 g/mol. The van der Waals surface area contributed by atoms with E-state index in [0.29, 0.717) is 24.3 Å². The summed E-state index contributed by atoms with van der Waals surface area (Å²) in [5.41, 5.74) is 0.699. The number of carbonyl (C=O) groups is 2. The molecule has 1 amide bonds. The van der Waals surface area contributed by atoms with E-state index >= 15 is 0 Å². The maximum Gasteiger partial charge on any atom is 0.303 e. The molecule has 1 aromatic carbocycles. The van der Waals surface area contributed by atoms with Gasteiger partial charge in [-0.05, 0) is 37.8 Å². The number of fused-ring (bicyclic) bond motifs is 1. The van der Waals surface area contributed by atoms with Crippen LogP contribution in [0.1, 0.15) is 42.7 Å². The van der Waals surface area contributed by atoms with Crippen molar-refractivity contribution in [2.24, 2.45) is 0 Å². The third-order valence-electron chi connectivity index (χ3n) is 4.22. The van der Waals surface area contributed by atoms with Gasteiger partial charge in [0.05, 0.1) is 0 Å². The number of hydrogen-bond donors (Lipinski definition) is 1. The van der Waals surface area contributed by atoms with E-state index in [9.17, 15) is 9.59 Å². The lowest BCUT2D eigenvalue weighted by molar-refractivity contribution is -0.137. The second-order valence-electron chi connectivity index (χ2n) is 5.73. The molecule has 5 nitrogen and oxygen atoms in total. The molecule has 2 aromatic rings. The van der Waals surface area contributed by atoms with Crippen LogP contribution in [-0.4, -0.2) is 34.5 Å². The summed E-state index contributed by atoms with van der Waals surface area (Å²) in [4.78, 5) is 25.3. The first-order valence-corrected chi connectivity index (χ1v) is 7.66.